The van der Waals surface area contributed by atoms with Crippen molar-refractivity contribution < 1.29 is 9.53 Å². The first-order chi connectivity index (χ1) is 11.1. The van der Waals surface area contributed by atoms with Crippen molar-refractivity contribution in [2.24, 2.45) is 0 Å². The van der Waals surface area contributed by atoms with Crippen molar-refractivity contribution in [3.05, 3.63) is 35.0 Å². The summed E-state index contributed by atoms with van der Waals surface area (Å²) in [6.45, 7) is 6.08. The maximum Gasteiger partial charge on any atom is 0.213 e. The predicted molar refractivity (Wildman–Crippen MR) is 91.4 cm³/mol. The number of carbonyl (C=O) groups is 1. The second-order valence-electron chi connectivity index (χ2n) is 5.59. The van der Waals surface area contributed by atoms with Crippen molar-refractivity contribution >= 4 is 22.6 Å². The van der Waals surface area contributed by atoms with E-state index in [2.05, 4.69) is 17.0 Å². The molecule has 5 nitrogen and oxygen atoms in total. The van der Waals surface area contributed by atoms with Crippen LogP contribution >= 0.6 is 11.3 Å². The predicted octanol–water partition coefficient (Wildman–Crippen LogP) is 4.01. The zero-order valence-corrected chi connectivity index (χ0v) is 14.3. The molecule has 3 aromatic rings. The summed E-state index contributed by atoms with van der Waals surface area (Å²) >= 11 is 1.54. The number of aldehydes is 1. The molecule has 0 amide bonds. The van der Waals surface area contributed by atoms with Crippen LogP contribution in [0, 0.1) is 0 Å². The average molecular weight is 329 g/mol. The summed E-state index contributed by atoms with van der Waals surface area (Å²) in [5, 5.41) is 5.50. The van der Waals surface area contributed by atoms with Gasteiger partial charge in [0.2, 0.25) is 4.96 Å². The lowest BCUT2D eigenvalue weighted by molar-refractivity contribution is 0.111. The molecule has 3 rings (SSSR count). The number of ether oxygens (including phenoxy) is 1. The minimum Gasteiger partial charge on any atom is -0.491 e. The first-order valence-corrected chi connectivity index (χ1v) is 8.54. The SMILES string of the molecule is CCCc1nn2c(C=O)c(-c3ccc(OC(C)C)cc3)nc2s1. The van der Waals surface area contributed by atoms with Gasteiger partial charge in [-0.1, -0.05) is 18.3 Å². The van der Waals surface area contributed by atoms with Crippen LogP contribution in [0.15, 0.2) is 24.3 Å². The molecule has 1 aromatic carbocycles. The number of hydrogen-bond donors (Lipinski definition) is 0. The van der Waals surface area contributed by atoms with Gasteiger partial charge in [-0.3, -0.25) is 4.79 Å². The third-order valence-electron chi connectivity index (χ3n) is 3.36. The molecule has 6 heteroatoms. The van der Waals surface area contributed by atoms with E-state index in [1.165, 1.54) is 11.3 Å². The Hall–Kier alpha value is -2.21. The molecule has 120 valence electrons. The van der Waals surface area contributed by atoms with Crippen molar-refractivity contribution in [2.75, 3.05) is 0 Å². The van der Waals surface area contributed by atoms with Crippen LogP contribution < -0.4 is 4.74 Å². The largest absolute Gasteiger partial charge is 0.491 e. The highest BCUT2D eigenvalue weighted by Crippen LogP contribution is 2.28. The molecule has 2 heterocycles. The molecular formula is C17H19N3O2S. The molecule has 0 saturated carbocycles. The van der Waals surface area contributed by atoms with E-state index in [1.807, 2.05) is 38.1 Å². The Morgan fingerprint density at radius 1 is 1.30 bits per heavy atom. The Morgan fingerprint density at radius 3 is 2.65 bits per heavy atom. The fourth-order valence-corrected chi connectivity index (χ4v) is 3.40. The molecule has 0 aliphatic rings. The number of rotatable bonds is 6. The van der Waals surface area contributed by atoms with Crippen LogP contribution in [-0.2, 0) is 6.42 Å². The topological polar surface area (TPSA) is 56.5 Å². The lowest BCUT2D eigenvalue weighted by atomic mass is 10.1. The van der Waals surface area contributed by atoms with E-state index < -0.39 is 0 Å². The molecule has 23 heavy (non-hydrogen) atoms. The van der Waals surface area contributed by atoms with Crippen molar-refractivity contribution in [1.82, 2.24) is 14.6 Å². The molecule has 0 bridgehead atoms. The van der Waals surface area contributed by atoms with Gasteiger partial charge in [0.25, 0.3) is 0 Å². The van der Waals surface area contributed by atoms with Gasteiger partial charge in [-0.25, -0.2) is 4.98 Å². The lowest BCUT2D eigenvalue weighted by Gasteiger charge is -2.09. The summed E-state index contributed by atoms with van der Waals surface area (Å²) in [4.78, 5) is 16.9. The van der Waals surface area contributed by atoms with E-state index in [-0.39, 0.29) is 6.10 Å². The van der Waals surface area contributed by atoms with E-state index in [0.717, 1.165) is 40.4 Å². The van der Waals surface area contributed by atoms with Crippen LogP contribution in [-0.4, -0.2) is 27.0 Å². The number of nitrogens with zero attached hydrogens (tertiary/aromatic N) is 3. The number of benzene rings is 1. The Labute approximate surface area is 138 Å². The molecule has 0 N–H and O–H groups in total. The van der Waals surface area contributed by atoms with E-state index >= 15 is 0 Å². The van der Waals surface area contributed by atoms with Crippen LogP contribution in [0.4, 0.5) is 0 Å². The van der Waals surface area contributed by atoms with Gasteiger partial charge in [0.05, 0.1) is 6.10 Å². The van der Waals surface area contributed by atoms with Gasteiger partial charge in [-0.15, -0.1) is 0 Å². The van der Waals surface area contributed by atoms with Gasteiger partial charge in [0.15, 0.2) is 6.29 Å². The van der Waals surface area contributed by atoms with Gasteiger partial charge in [-0.2, -0.15) is 9.61 Å². The molecule has 0 aliphatic carbocycles. The fourth-order valence-electron chi connectivity index (χ4n) is 2.40. The first kappa shape index (κ1) is 15.7. The fraction of sp³-hybridized carbons (Fsp3) is 0.353. The highest BCUT2D eigenvalue weighted by molar-refractivity contribution is 7.16. The minimum atomic E-state index is 0.130. The maximum atomic E-state index is 11.5. The molecule has 0 radical (unpaired) electrons. The second kappa shape index (κ2) is 6.50. The van der Waals surface area contributed by atoms with E-state index in [0.29, 0.717) is 11.4 Å². The highest BCUT2D eigenvalue weighted by Gasteiger charge is 2.17. The number of hydrogen-bond acceptors (Lipinski definition) is 5. The number of fused-ring (bicyclic) bond motifs is 1. The Morgan fingerprint density at radius 2 is 2.04 bits per heavy atom. The van der Waals surface area contributed by atoms with Gasteiger partial charge in [0, 0.05) is 12.0 Å². The highest BCUT2D eigenvalue weighted by atomic mass is 32.1. The summed E-state index contributed by atoms with van der Waals surface area (Å²) < 4.78 is 7.29. The molecular weight excluding hydrogens is 310 g/mol. The standard InChI is InChI=1S/C17H19N3O2S/c1-4-5-15-19-20-14(10-21)16(18-17(20)23-15)12-6-8-13(9-7-12)22-11(2)3/h6-11H,4-5H2,1-3H3. The zero-order chi connectivity index (χ0) is 16.4. The zero-order valence-electron chi connectivity index (χ0n) is 13.4. The third-order valence-corrected chi connectivity index (χ3v) is 4.32. The minimum absolute atomic E-state index is 0.130. The lowest BCUT2D eigenvalue weighted by Crippen LogP contribution is -2.05. The Balaban J connectivity index is 1.98. The monoisotopic (exact) mass is 329 g/mol. The molecule has 0 saturated heterocycles. The van der Waals surface area contributed by atoms with E-state index in [1.54, 1.807) is 4.52 Å². The normalized spacial score (nSPS) is 11.3. The number of aryl methyl sites for hydroxylation is 1. The van der Waals surface area contributed by atoms with Crippen LogP contribution in [0.5, 0.6) is 5.75 Å². The maximum absolute atomic E-state index is 11.5. The van der Waals surface area contributed by atoms with Crippen molar-refractivity contribution in [2.45, 2.75) is 39.7 Å². The molecule has 0 unspecified atom stereocenters. The molecule has 0 fully saturated rings. The van der Waals surface area contributed by atoms with Crippen molar-refractivity contribution in [3.8, 4) is 17.0 Å². The van der Waals surface area contributed by atoms with Gasteiger partial charge >= 0.3 is 0 Å². The summed E-state index contributed by atoms with van der Waals surface area (Å²) in [7, 11) is 0. The summed E-state index contributed by atoms with van der Waals surface area (Å²) in [6, 6.07) is 7.63. The Bertz CT molecular complexity index is 818. The van der Waals surface area contributed by atoms with Gasteiger partial charge in [0.1, 0.15) is 22.1 Å². The van der Waals surface area contributed by atoms with E-state index in [9.17, 15) is 4.79 Å². The summed E-state index contributed by atoms with van der Waals surface area (Å²) in [6.07, 6.45) is 2.88. The summed E-state index contributed by atoms with van der Waals surface area (Å²) in [5.74, 6) is 0.806. The molecule has 2 aromatic heterocycles. The molecule has 0 spiro atoms. The van der Waals surface area contributed by atoms with Crippen LogP contribution in [0.3, 0.4) is 0 Å². The van der Waals surface area contributed by atoms with Crippen LogP contribution in [0.1, 0.15) is 42.7 Å². The first-order valence-electron chi connectivity index (χ1n) is 7.73. The second-order valence-corrected chi connectivity index (χ2v) is 6.64. The van der Waals surface area contributed by atoms with E-state index in [4.69, 9.17) is 4.74 Å². The van der Waals surface area contributed by atoms with Crippen molar-refractivity contribution in [1.29, 1.82) is 0 Å². The molecule has 0 aliphatic heterocycles. The smallest absolute Gasteiger partial charge is 0.213 e. The number of imidazole rings is 1. The Kier molecular flexibility index (Phi) is 4.43. The van der Waals surface area contributed by atoms with Crippen molar-refractivity contribution in [3.63, 3.8) is 0 Å². The van der Waals surface area contributed by atoms with Gasteiger partial charge < -0.3 is 4.74 Å². The van der Waals surface area contributed by atoms with Gasteiger partial charge in [-0.05, 0) is 44.5 Å². The number of carbonyl (C=O) groups excluding carboxylic acids is 1. The van der Waals surface area contributed by atoms with Crippen LogP contribution in [0.25, 0.3) is 16.2 Å². The summed E-state index contributed by atoms with van der Waals surface area (Å²) in [5.41, 5.74) is 2.05. The quantitative estimate of drug-likeness (QED) is 0.641. The average Bonchev–Trinajstić information content (AvgIpc) is 3.04. The molecule has 0 atom stereocenters. The number of aromatic nitrogens is 3. The third kappa shape index (κ3) is 3.12. The van der Waals surface area contributed by atoms with Crippen LogP contribution in [0.2, 0.25) is 0 Å².